The molecule has 2 aliphatic heterocycles. The molecule has 5 rings (SSSR count). The SMILES string of the molecule is CN(c1cccc2c1NC(c1ncc(CN3CCS(=O)(=O)CC3)s1)C2)S(=O)(=O)c1cccs1. The summed E-state index contributed by atoms with van der Waals surface area (Å²) in [4.78, 5) is 7.87. The highest BCUT2D eigenvalue weighted by molar-refractivity contribution is 7.94. The van der Waals surface area contributed by atoms with Crippen molar-refractivity contribution in [3.05, 3.63) is 57.4 Å². The third-order valence-corrected chi connectivity index (χ3v) is 11.9. The summed E-state index contributed by atoms with van der Waals surface area (Å²) in [5.74, 6) is 0.422. The van der Waals surface area contributed by atoms with Crippen LogP contribution < -0.4 is 9.62 Å². The number of hydrogen-bond donors (Lipinski definition) is 1. The van der Waals surface area contributed by atoms with Gasteiger partial charge in [0.15, 0.2) is 9.84 Å². The summed E-state index contributed by atoms with van der Waals surface area (Å²) in [5.41, 5.74) is 2.50. The molecule has 8 nitrogen and oxygen atoms in total. The van der Waals surface area contributed by atoms with E-state index in [2.05, 4.69) is 15.2 Å². The Labute approximate surface area is 201 Å². The molecule has 3 aromatic rings. The van der Waals surface area contributed by atoms with Crippen molar-refractivity contribution >= 4 is 53.9 Å². The van der Waals surface area contributed by atoms with E-state index in [0.717, 1.165) is 27.6 Å². The van der Waals surface area contributed by atoms with E-state index in [0.29, 0.717) is 29.5 Å². The largest absolute Gasteiger partial charge is 0.374 e. The zero-order valence-electron chi connectivity index (χ0n) is 18.0. The molecule has 0 amide bonds. The molecule has 2 aliphatic rings. The highest BCUT2D eigenvalue weighted by Gasteiger charge is 2.31. The molecule has 12 heteroatoms. The van der Waals surface area contributed by atoms with Crippen LogP contribution in [0.3, 0.4) is 0 Å². The van der Waals surface area contributed by atoms with Crippen LogP contribution in [0.25, 0.3) is 0 Å². The van der Waals surface area contributed by atoms with E-state index >= 15 is 0 Å². The van der Waals surface area contributed by atoms with E-state index in [1.807, 2.05) is 24.4 Å². The van der Waals surface area contributed by atoms with Crippen LogP contribution in [-0.4, -0.2) is 58.4 Å². The molecule has 4 heterocycles. The maximum atomic E-state index is 13.0. The number of rotatable bonds is 6. The molecule has 1 unspecified atom stereocenters. The van der Waals surface area contributed by atoms with Crippen LogP contribution in [0.2, 0.25) is 0 Å². The van der Waals surface area contributed by atoms with Gasteiger partial charge in [0.05, 0.1) is 28.9 Å². The number of anilines is 2. The zero-order valence-corrected chi connectivity index (χ0v) is 21.2. The number of nitrogens with zero attached hydrogens (tertiary/aromatic N) is 3. The molecule has 0 radical (unpaired) electrons. The third-order valence-electron chi connectivity index (χ3n) is 6.01. The van der Waals surface area contributed by atoms with E-state index in [1.54, 1.807) is 35.9 Å². The van der Waals surface area contributed by atoms with Crippen molar-refractivity contribution in [1.29, 1.82) is 0 Å². The van der Waals surface area contributed by atoms with Gasteiger partial charge in [-0.15, -0.1) is 22.7 Å². The second-order valence-corrected chi connectivity index (χ2v) is 14.8. The molecular weight excluding hydrogens is 501 g/mol. The Balaban J connectivity index is 1.32. The van der Waals surface area contributed by atoms with Crippen LogP contribution in [0.4, 0.5) is 11.4 Å². The first-order chi connectivity index (χ1) is 15.7. The number of sulfonamides is 1. The maximum Gasteiger partial charge on any atom is 0.273 e. The predicted octanol–water partition coefficient (Wildman–Crippen LogP) is 2.97. The first kappa shape index (κ1) is 22.8. The maximum absolute atomic E-state index is 13.0. The minimum absolute atomic E-state index is 0.0283. The standard InChI is InChI=1S/C21H24N4O4S4/c1-24(33(28,29)19-6-3-9-30-19)18-5-2-4-15-12-17(23-20(15)18)21-22-13-16(31-21)14-25-7-10-32(26,27)11-8-25/h2-6,9,13,17,23H,7-8,10-12,14H2,1H3. The molecule has 0 aliphatic carbocycles. The van der Waals surface area contributed by atoms with Crippen molar-refractivity contribution < 1.29 is 16.8 Å². The summed E-state index contributed by atoms with van der Waals surface area (Å²) in [6.45, 7) is 1.80. The van der Waals surface area contributed by atoms with Crippen LogP contribution in [-0.2, 0) is 32.8 Å². The second kappa shape index (κ2) is 8.66. The molecule has 1 fully saturated rings. The minimum Gasteiger partial charge on any atom is -0.374 e. The average molecular weight is 525 g/mol. The van der Waals surface area contributed by atoms with E-state index in [4.69, 9.17) is 0 Å². The molecule has 1 aromatic carbocycles. The summed E-state index contributed by atoms with van der Waals surface area (Å²) in [5, 5.41) is 6.20. The summed E-state index contributed by atoms with van der Waals surface area (Å²) >= 11 is 2.82. The summed E-state index contributed by atoms with van der Waals surface area (Å²) < 4.78 is 51.0. The smallest absolute Gasteiger partial charge is 0.273 e. The number of sulfone groups is 1. The van der Waals surface area contributed by atoms with Gasteiger partial charge in [-0.25, -0.2) is 21.8 Å². The number of thiazole rings is 1. The number of fused-ring (bicyclic) bond motifs is 1. The van der Waals surface area contributed by atoms with Gasteiger partial charge in [-0.1, -0.05) is 18.2 Å². The Bertz CT molecular complexity index is 1350. The Morgan fingerprint density at radius 1 is 1.21 bits per heavy atom. The van der Waals surface area contributed by atoms with Crippen LogP contribution in [0.15, 0.2) is 46.1 Å². The number of benzene rings is 1. The van der Waals surface area contributed by atoms with Crippen molar-refractivity contribution in [2.45, 2.75) is 23.2 Å². The molecule has 0 saturated carbocycles. The monoisotopic (exact) mass is 524 g/mol. The molecule has 1 atom stereocenters. The van der Waals surface area contributed by atoms with Crippen molar-refractivity contribution in [2.24, 2.45) is 0 Å². The van der Waals surface area contributed by atoms with Gasteiger partial charge in [-0.05, 0) is 23.1 Å². The minimum atomic E-state index is -3.62. The quantitative estimate of drug-likeness (QED) is 0.529. The van der Waals surface area contributed by atoms with E-state index in [-0.39, 0.29) is 17.5 Å². The van der Waals surface area contributed by atoms with Gasteiger partial charge in [0.2, 0.25) is 0 Å². The van der Waals surface area contributed by atoms with E-state index in [9.17, 15) is 16.8 Å². The normalized spacial score (nSPS) is 20.3. The highest BCUT2D eigenvalue weighted by Crippen LogP contribution is 2.42. The summed E-state index contributed by atoms with van der Waals surface area (Å²) in [6.07, 6.45) is 2.59. The number of aromatic nitrogens is 1. The van der Waals surface area contributed by atoms with E-state index in [1.165, 1.54) is 15.6 Å². The first-order valence-corrected chi connectivity index (χ1v) is 15.5. The van der Waals surface area contributed by atoms with Crippen molar-refractivity contribution in [1.82, 2.24) is 9.88 Å². The highest BCUT2D eigenvalue weighted by atomic mass is 32.2. The van der Waals surface area contributed by atoms with Gasteiger partial charge in [0.25, 0.3) is 10.0 Å². The average Bonchev–Trinajstić information content (AvgIpc) is 3.54. The van der Waals surface area contributed by atoms with Gasteiger partial charge in [0, 0.05) is 44.2 Å². The number of para-hydroxylation sites is 1. The number of thiophene rings is 1. The molecule has 1 N–H and O–H groups in total. The lowest BCUT2D eigenvalue weighted by Crippen LogP contribution is -2.39. The zero-order chi connectivity index (χ0) is 23.2. The predicted molar refractivity (Wildman–Crippen MR) is 132 cm³/mol. The lowest BCUT2D eigenvalue weighted by atomic mass is 10.1. The fourth-order valence-corrected chi connectivity index (χ4v) is 8.80. The molecule has 0 spiro atoms. The summed E-state index contributed by atoms with van der Waals surface area (Å²) in [6, 6.07) is 9.04. The van der Waals surface area contributed by atoms with E-state index < -0.39 is 19.9 Å². The van der Waals surface area contributed by atoms with Crippen LogP contribution >= 0.6 is 22.7 Å². The van der Waals surface area contributed by atoms with Crippen LogP contribution in [0, 0.1) is 0 Å². The molecule has 176 valence electrons. The van der Waals surface area contributed by atoms with Crippen LogP contribution in [0.1, 0.15) is 21.5 Å². The molecule has 2 aromatic heterocycles. The topological polar surface area (TPSA) is 99.7 Å². The lowest BCUT2D eigenvalue weighted by molar-refractivity contribution is 0.290. The second-order valence-electron chi connectivity index (χ2n) is 8.21. The lowest BCUT2D eigenvalue weighted by Gasteiger charge is -2.25. The van der Waals surface area contributed by atoms with Crippen molar-refractivity contribution in [3.8, 4) is 0 Å². The van der Waals surface area contributed by atoms with Gasteiger partial charge in [-0.3, -0.25) is 9.21 Å². The molecular formula is C21H24N4O4S4. The number of hydrogen-bond acceptors (Lipinski definition) is 9. The first-order valence-electron chi connectivity index (χ1n) is 10.5. The molecule has 1 saturated heterocycles. The van der Waals surface area contributed by atoms with Crippen molar-refractivity contribution in [3.63, 3.8) is 0 Å². The van der Waals surface area contributed by atoms with Gasteiger partial charge >= 0.3 is 0 Å². The van der Waals surface area contributed by atoms with Gasteiger partial charge in [-0.2, -0.15) is 0 Å². The van der Waals surface area contributed by atoms with Crippen LogP contribution in [0.5, 0.6) is 0 Å². The summed E-state index contributed by atoms with van der Waals surface area (Å²) in [7, 11) is -4.93. The molecule has 0 bridgehead atoms. The fourth-order valence-electron chi connectivity index (χ4n) is 4.14. The Morgan fingerprint density at radius 3 is 2.73 bits per heavy atom. The molecule has 33 heavy (non-hydrogen) atoms. The van der Waals surface area contributed by atoms with Gasteiger partial charge < -0.3 is 5.32 Å². The Hall–Kier alpha value is -1.99. The fraction of sp³-hybridized carbons (Fsp3) is 0.381. The van der Waals surface area contributed by atoms with Gasteiger partial charge in [0.1, 0.15) is 9.22 Å². The van der Waals surface area contributed by atoms with Crippen molar-refractivity contribution in [2.75, 3.05) is 41.3 Å². The Kier molecular flexibility index (Phi) is 5.98. The number of nitrogens with one attached hydrogen (secondary N) is 1. The Morgan fingerprint density at radius 2 is 2.00 bits per heavy atom. The third kappa shape index (κ3) is 4.54.